The highest BCUT2D eigenvalue weighted by Crippen LogP contribution is 2.27. The van der Waals surface area contributed by atoms with Gasteiger partial charge in [0, 0.05) is 12.2 Å². The molecular formula is C18H19NO2. The molecule has 1 heterocycles. The second kappa shape index (κ2) is 6.00. The molecule has 1 aliphatic rings. The largest absolute Gasteiger partial charge is 0.497 e. The Balaban J connectivity index is 1.80. The van der Waals surface area contributed by atoms with Gasteiger partial charge < -0.3 is 9.64 Å². The fourth-order valence-electron chi connectivity index (χ4n) is 2.85. The van der Waals surface area contributed by atoms with Crippen LogP contribution in [0, 0.1) is 0 Å². The number of nitrogens with zero attached hydrogens (tertiary/aromatic N) is 1. The molecule has 0 unspecified atom stereocenters. The summed E-state index contributed by atoms with van der Waals surface area (Å²) < 4.78 is 5.21. The predicted octanol–water partition coefficient (Wildman–Crippen LogP) is 3.22. The number of para-hydroxylation sites is 1. The van der Waals surface area contributed by atoms with Gasteiger partial charge in [0.25, 0.3) is 0 Å². The minimum Gasteiger partial charge on any atom is -0.497 e. The van der Waals surface area contributed by atoms with Crippen molar-refractivity contribution >= 4 is 11.6 Å². The minimum atomic E-state index is 0.149. The lowest BCUT2D eigenvalue weighted by atomic mass is 10.0. The lowest BCUT2D eigenvalue weighted by Gasteiger charge is -2.29. The maximum absolute atomic E-state index is 12.6. The minimum absolute atomic E-state index is 0.149. The highest BCUT2D eigenvalue weighted by molar-refractivity contribution is 5.95. The van der Waals surface area contributed by atoms with Crippen molar-refractivity contribution in [3.63, 3.8) is 0 Å². The van der Waals surface area contributed by atoms with Crippen molar-refractivity contribution < 1.29 is 9.53 Å². The van der Waals surface area contributed by atoms with Gasteiger partial charge in [-0.25, -0.2) is 0 Å². The molecule has 0 atom stereocenters. The summed E-state index contributed by atoms with van der Waals surface area (Å²) in [6, 6.07) is 15.9. The first-order valence-electron chi connectivity index (χ1n) is 7.29. The Labute approximate surface area is 125 Å². The molecular weight excluding hydrogens is 262 g/mol. The monoisotopic (exact) mass is 281 g/mol. The second-order valence-corrected chi connectivity index (χ2v) is 5.31. The second-order valence-electron chi connectivity index (χ2n) is 5.31. The summed E-state index contributed by atoms with van der Waals surface area (Å²) in [5, 5.41) is 0. The van der Waals surface area contributed by atoms with E-state index in [9.17, 15) is 4.79 Å². The molecule has 3 heteroatoms. The number of benzene rings is 2. The molecule has 1 amide bonds. The molecule has 0 saturated heterocycles. The SMILES string of the molecule is COc1cccc(CC(=O)N2CCCc3ccccc32)c1. The number of ether oxygens (including phenoxy) is 1. The van der Waals surface area contributed by atoms with Crippen LogP contribution in [0.1, 0.15) is 17.5 Å². The number of amides is 1. The van der Waals surface area contributed by atoms with Gasteiger partial charge in [0.15, 0.2) is 0 Å². The molecule has 0 aliphatic carbocycles. The molecule has 3 nitrogen and oxygen atoms in total. The Hall–Kier alpha value is -2.29. The third kappa shape index (κ3) is 2.92. The molecule has 108 valence electrons. The standard InChI is InChI=1S/C18H19NO2/c1-21-16-9-4-6-14(12-16)13-18(20)19-11-5-8-15-7-2-3-10-17(15)19/h2-4,6-7,9-10,12H,5,8,11,13H2,1H3. The van der Waals surface area contributed by atoms with Crippen LogP contribution in [0.3, 0.4) is 0 Å². The zero-order valence-corrected chi connectivity index (χ0v) is 12.2. The first kappa shape index (κ1) is 13.7. The van der Waals surface area contributed by atoms with Crippen molar-refractivity contribution in [3.05, 3.63) is 59.7 Å². The molecule has 0 radical (unpaired) electrons. The van der Waals surface area contributed by atoms with Crippen LogP contribution >= 0.6 is 0 Å². The van der Waals surface area contributed by atoms with Crippen molar-refractivity contribution in [2.45, 2.75) is 19.3 Å². The first-order valence-corrected chi connectivity index (χ1v) is 7.29. The number of carbonyl (C=O) groups is 1. The van der Waals surface area contributed by atoms with Gasteiger partial charge in [0.05, 0.1) is 13.5 Å². The van der Waals surface area contributed by atoms with E-state index in [2.05, 4.69) is 6.07 Å². The lowest BCUT2D eigenvalue weighted by molar-refractivity contribution is -0.118. The molecule has 0 N–H and O–H groups in total. The number of methoxy groups -OCH3 is 1. The van der Waals surface area contributed by atoms with Gasteiger partial charge in [0.1, 0.15) is 5.75 Å². The Bertz CT molecular complexity index is 651. The number of hydrogen-bond donors (Lipinski definition) is 0. The summed E-state index contributed by atoms with van der Waals surface area (Å²) in [5.74, 6) is 0.940. The van der Waals surface area contributed by atoms with E-state index < -0.39 is 0 Å². The molecule has 0 bridgehead atoms. The Morgan fingerprint density at radius 1 is 1.19 bits per heavy atom. The van der Waals surface area contributed by atoms with Gasteiger partial charge in [-0.1, -0.05) is 30.3 Å². The van der Waals surface area contributed by atoms with Crippen molar-refractivity contribution in [1.82, 2.24) is 0 Å². The van der Waals surface area contributed by atoms with E-state index in [-0.39, 0.29) is 5.91 Å². The molecule has 1 aliphatic heterocycles. The molecule has 0 spiro atoms. The van der Waals surface area contributed by atoms with Crippen LogP contribution in [0.4, 0.5) is 5.69 Å². The number of anilines is 1. The summed E-state index contributed by atoms with van der Waals surface area (Å²) in [5.41, 5.74) is 3.32. The van der Waals surface area contributed by atoms with E-state index in [1.54, 1.807) is 7.11 Å². The zero-order chi connectivity index (χ0) is 14.7. The van der Waals surface area contributed by atoms with E-state index in [0.717, 1.165) is 36.4 Å². The highest BCUT2D eigenvalue weighted by atomic mass is 16.5. The Morgan fingerprint density at radius 3 is 2.90 bits per heavy atom. The fraction of sp³-hybridized carbons (Fsp3) is 0.278. The molecule has 0 aromatic heterocycles. The summed E-state index contributed by atoms with van der Waals surface area (Å²) in [6.45, 7) is 0.805. The number of hydrogen-bond acceptors (Lipinski definition) is 2. The van der Waals surface area contributed by atoms with Crippen LogP contribution in [0.2, 0.25) is 0 Å². The topological polar surface area (TPSA) is 29.5 Å². The van der Waals surface area contributed by atoms with Crippen LogP contribution in [0.15, 0.2) is 48.5 Å². The average molecular weight is 281 g/mol. The molecule has 2 aromatic rings. The van der Waals surface area contributed by atoms with Crippen molar-refractivity contribution in [3.8, 4) is 5.75 Å². The normalized spacial score (nSPS) is 13.7. The smallest absolute Gasteiger partial charge is 0.231 e. The first-order chi connectivity index (χ1) is 10.3. The molecule has 0 fully saturated rings. The van der Waals surface area contributed by atoms with Crippen molar-refractivity contribution in [2.24, 2.45) is 0 Å². The number of carbonyl (C=O) groups excluding carboxylic acids is 1. The summed E-state index contributed by atoms with van der Waals surface area (Å²) in [6.07, 6.45) is 2.49. The fourth-order valence-corrected chi connectivity index (χ4v) is 2.85. The van der Waals surface area contributed by atoms with E-state index in [1.165, 1.54) is 5.56 Å². The van der Waals surface area contributed by atoms with E-state index >= 15 is 0 Å². The summed E-state index contributed by atoms with van der Waals surface area (Å²) >= 11 is 0. The van der Waals surface area contributed by atoms with E-state index in [0.29, 0.717) is 6.42 Å². The van der Waals surface area contributed by atoms with Gasteiger partial charge in [-0.05, 0) is 42.2 Å². The molecule has 0 saturated carbocycles. The van der Waals surface area contributed by atoms with Crippen LogP contribution in [0.5, 0.6) is 5.75 Å². The molecule has 2 aromatic carbocycles. The number of fused-ring (bicyclic) bond motifs is 1. The van der Waals surface area contributed by atoms with Gasteiger partial charge >= 0.3 is 0 Å². The van der Waals surface area contributed by atoms with Crippen LogP contribution in [-0.2, 0) is 17.6 Å². The number of aryl methyl sites for hydroxylation is 1. The van der Waals surface area contributed by atoms with Gasteiger partial charge in [-0.3, -0.25) is 4.79 Å². The summed E-state index contributed by atoms with van der Waals surface area (Å²) in [4.78, 5) is 14.5. The highest BCUT2D eigenvalue weighted by Gasteiger charge is 2.22. The van der Waals surface area contributed by atoms with Crippen LogP contribution < -0.4 is 9.64 Å². The van der Waals surface area contributed by atoms with E-state index in [4.69, 9.17) is 4.74 Å². The quantitative estimate of drug-likeness (QED) is 0.864. The zero-order valence-electron chi connectivity index (χ0n) is 12.2. The van der Waals surface area contributed by atoms with Crippen molar-refractivity contribution in [1.29, 1.82) is 0 Å². The number of rotatable bonds is 3. The van der Waals surface area contributed by atoms with Gasteiger partial charge in [0.2, 0.25) is 5.91 Å². The van der Waals surface area contributed by atoms with E-state index in [1.807, 2.05) is 47.4 Å². The molecule has 3 rings (SSSR count). The van der Waals surface area contributed by atoms with Gasteiger partial charge in [-0.2, -0.15) is 0 Å². The van der Waals surface area contributed by atoms with Crippen LogP contribution in [-0.4, -0.2) is 19.6 Å². The third-order valence-electron chi connectivity index (χ3n) is 3.90. The van der Waals surface area contributed by atoms with Crippen molar-refractivity contribution in [2.75, 3.05) is 18.6 Å². The predicted molar refractivity (Wildman–Crippen MR) is 83.8 cm³/mol. The Morgan fingerprint density at radius 2 is 2.05 bits per heavy atom. The van der Waals surface area contributed by atoms with Gasteiger partial charge in [-0.15, -0.1) is 0 Å². The maximum Gasteiger partial charge on any atom is 0.231 e. The lowest BCUT2D eigenvalue weighted by Crippen LogP contribution is -2.36. The third-order valence-corrected chi connectivity index (χ3v) is 3.90. The summed E-state index contributed by atoms with van der Waals surface area (Å²) in [7, 11) is 1.64. The maximum atomic E-state index is 12.6. The van der Waals surface area contributed by atoms with Crippen LogP contribution in [0.25, 0.3) is 0 Å². The average Bonchev–Trinajstić information content (AvgIpc) is 2.54. The Kier molecular flexibility index (Phi) is 3.91. The molecule has 21 heavy (non-hydrogen) atoms.